The average Bonchev–Trinajstić information content (AvgIpc) is 3.22. The quantitative estimate of drug-likeness (QED) is 0.458. The minimum atomic E-state index is 0.0973. The van der Waals surface area contributed by atoms with Crippen LogP contribution in [-0.2, 0) is 6.54 Å². The predicted octanol–water partition coefficient (Wildman–Crippen LogP) is 2.51. The molecule has 0 amide bonds. The third kappa shape index (κ3) is 2.43. The van der Waals surface area contributed by atoms with Crippen molar-refractivity contribution < 1.29 is 10.1 Å². The van der Waals surface area contributed by atoms with Crippen molar-refractivity contribution in [3.05, 3.63) is 48.5 Å². The molecule has 5 aromatic rings. The molecule has 0 aliphatic carbocycles. The van der Waals surface area contributed by atoms with E-state index in [1.807, 2.05) is 53.1 Å². The second-order valence-electron chi connectivity index (χ2n) is 6.54. The van der Waals surface area contributed by atoms with Crippen LogP contribution in [0.25, 0.3) is 44.6 Å². The van der Waals surface area contributed by atoms with Crippen LogP contribution in [0.5, 0.6) is 0 Å². The highest BCUT2D eigenvalue weighted by atomic mass is 16.3. The van der Waals surface area contributed by atoms with Gasteiger partial charge in [-0.3, -0.25) is 0 Å². The minimum absolute atomic E-state index is 0.0973. The topological polar surface area (TPSA) is 107 Å². The summed E-state index contributed by atoms with van der Waals surface area (Å²) in [5, 5.41) is 9.28. The molecular weight excluding hydrogens is 340 g/mol. The van der Waals surface area contributed by atoms with E-state index in [1.54, 1.807) is 0 Å². The molecule has 7 nitrogen and oxygen atoms in total. The standard InChI is InChI=1S/C20H18N6O/c21-18-16(19-23-13-7-2-3-8-14(13)24-19)17-20(26(18)10-5-11-27)25-15-9-4-1-6-12(15)22-17/h1-4,6-9,27H,5,10-11,21H2,(H,23,24)/p+1. The van der Waals surface area contributed by atoms with Crippen LogP contribution in [0.15, 0.2) is 48.5 Å². The molecule has 0 spiro atoms. The van der Waals surface area contributed by atoms with E-state index in [4.69, 9.17) is 15.7 Å². The number of fused-ring (bicyclic) bond motifs is 3. The van der Waals surface area contributed by atoms with E-state index in [-0.39, 0.29) is 6.61 Å². The van der Waals surface area contributed by atoms with Gasteiger partial charge in [-0.15, -0.1) is 0 Å². The van der Waals surface area contributed by atoms with Crippen molar-refractivity contribution in [1.29, 1.82) is 0 Å². The number of nitrogens with zero attached hydrogens (tertiary/aromatic N) is 3. The molecule has 0 saturated heterocycles. The number of aliphatic hydroxyl groups excluding tert-OH is 1. The number of anilines is 1. The number of aryl methyl sites for hydroxylation is 1. The number of hydrogen-bond acceptors (Lipinski definition) is 4. The van der Waals surface area contributed by atoms with Gasteiger partial charge >= 0.3 is 5.65 Å². The highest BCUT2D eigenvalue weighted by Crippen LogP contribution is 2.34. The van der Waals surface area contributed by atoms with Crippen LogP contribution >= 0.6 is 0 Å². The number of aliphatic hydroxyl groups is 1. The molecular formula is C20H19N6O+. The number of nitrogens with one attached hydrogen (secondary N) is 2. The molecule has 0 fully saturated rings. The van der Waals surface area contributed by atoms with Crippen LogP contribution in [0.4, 0.5) is 5.82 Å². The van der Waals surface area contributed by atoms with Gasteiger partial charge in [-0.25, -0.2) is 19.5 Å². The van der Waals surface area contributed by atoms with E-state index < -0.39 is 0 Å². The highest BCUT2D eigenvalue weighted by molar-refractivity contribution is 5.99. The molecule has 5 N–H and O–H groups in total. The van der Waals surface area contributed by atoms with Crippen LogP contribution in [-0.4, -0.2) is 31.2 Å². The highest BCUT2D eigenvalue weighted by Gasteiger charge is 2.27. The third-order valence-corrected chi connectivity index (χ3v) is 4.83. The summed E-state index contributed by atoms with van der Waals surface area (Å²) >= 11 is 0. The first-order valence-electron chi connectivity index (χ1n) is 8.92. The minimum Gasteiger partial charge on any atom is -0.396 e. The Bertz CT molecular complexity index is 1250. The monoisotopic (exact) mass is 359 g/mol. The summed E-state index contributed by atoms with van der Waals surface area (Å²) in [6.45, 7) is 0.690. The zero-order chi connectivity index (χ0) is 18.4. The number of aromatic amines is 2. The van der Waals surface area contributed by atoms with Gasteiger partial charge in [0.25, 0.3) is 0 Å². The fraction of sp³-hybridized carbons (Fsp3) is 0.150. The number of rotatable bonds is 4. The molecule has 3 aromatic heterocycles. The third-order valence-electron chi connectivity index (χ3n) is 4.83. The molecule has 0 bridgehead atoms. The molecule has 0 radical (unpaired) electrons. The summed E-state index contributed by atoms with van der Waals surface area (Å²) in [5.41, 5.74) is 12.5. The van der Waals surface area contributed by atoms with Gasteiger partial charge in [-0.1, -0.05) is 24.3 Å². The average molecular weight is 359 g/mol. The smallest absolute Gasteiger partial charge is 0.308 e. The van der Waals surface area contributed by atoms with E-state index in [0.29, 0.717) is 24.6 Å². The van der Waals surface area contributed by atoms with E-state index in [9.17, 15) is 5.11 Å². The number of imidazole rings is 1. The molecule has 0 unspecified atom stereocenters. The Kier molecular flexibility index (Phi) is 3.54. The molecule has 5 rings (SSSR count). The maximum absolute atomic E-state index is 9.28. The zero-order valence-corrected chi connectivity index (χ0v) is 14.6. The van der Waals surface area contributed by atoms with Crippen LogP contribution < -0.4 is 10.7 Å². The zero-order valence-electron chi connectivity index (χ0n) is 14.6. The number of nitrogens with two attached hydrogens (primary N) is 1. The lowest BCUT2D eigenvalue weighted by Gasteiger charge is -1.99. The number of hydrogen-bond donors (Lipinski definition) is 3. The fourth-order valence-corrected chi connectivity index (χ4v) is 3.55. The number of para-hydroxylation sites is 4. The van der Waals surface area contributed by atoms with Gasteiger partial charge in [0.2, 0.25) is 5.82 Å². The SMILES string of the molecule is Nc1c(-c2nc3ccccc3[nH]2)c2nc3ccccc3[nH+]c2n1CCCO. The second kappa shape index (κ2) is 6.07. The number of benzene rings is 2. The van der Waals surface area contributed by atoms with Gasteiger partial charge in [0.1, 0.15) is 16.9 Å². The lowest BCUT2D eigenvalue weighted by atomic mass is 10.2. The van der Waals surface area contributed by atoms with Crippen molar-refractivity contribution in [3.8, 4) is 11.4 Å². The normalized spacial score (nSPS) is 11.7. The Morgan fingerprint density at radius 3 is 2.63 bits per heavy atom. The molecule has 0 aliphatic heterocycles. The summed E-state index contributed by atoms with van der Waals surface area (Å²) in [6.07, 6.45) is 0.605. The van der Waals surface area contributed by atoms with E-state index in [1.165, 1.54) is 0 Å². The van der Waals surface area contributed by atoms with Gasteiger partial charge in [-0.05, 0) is 24.3 Å². The predicted molar refractivity (Wildman–Crippen MR) is 105 cm³/mol. The molecule has 0 aliphatic rings. The van der Waals surface area contributed by atoms with Crippen molar-refractivity contribution in [2.45, 2.75) is 13.0 Å². The Hall–Kier alpha value is -3.45. The van der Waals surface area contributed by atoms with E-state index in [2.05, 4.69) is 9.97 Å². The first-order valence-corrected chi connectivity index (χ1v) is 8.92. The number of H-pyrrole nitrogens is 2. The largest absolute Gasteiger partial charge is 0.396 e. The van der Waals surface area contributed by atoms with Gasteiger partial charge in [0.05, 0.1) is 17.6 Å². The maximum Gasteiger partial charge on any atom is 0.308 e. The van der Waals surface area contributed by atoms with Gasteiger partial charge in [0, 0.05) is 13.0 Å². The molecule has 0 atom stereocenters. The first-order chi connectivity index (χ1) is 13.3. The van der Waals surface area contributed by atoms with Crippen LogP contribution in [0.3, 0.4) is 0 Å². The Balaban J connectivity index is 1.84. The number of nitrogen functional groups attached to an aromatic ring is 1. The molecule has 7 heteroatoms. The maximum atomic E-state index is 9.28. The van der Waals surface area contributed by atoms with Crippen molar-refractivity contribution in [3.63, 3.8) is 0 Å². The first kappa shape index (κ1) is 15.8. The van der Waals surface area contributed by atoms with Crippen molar-refractivity contribution in [1.82, 2.24) is 19.5 Å². The molecule has 134 valence electrons. The van der Waals surface area contributed by atoms with E-state index in [0.717, 1.165) is 38.8 Å². The summed E-state index contributed by atoms with van der Waals surface area (Å²) in [4.78, 5) is 16.4. The van der Waals surface area contributed by atoms with Crippen molar-refractivity contribution in [2.24, 2.45) is 0 Å². The Morgan fingerprint density at radius 1 is 1.04 bits per heavy atom. The Morgan fingerprint density at radius 2 is 1.81 bits per heavy atom. The van der Waals surface area contributed by atoms with Gasteiger partial charge in [0.15, 0.2) is 11.0 Å². The van der Waals surface area contributed by atoms with Crippen LogP contribution in [0.1, 0.15) is 6.42 Å². The van der Waals surface area contributed by atoms with Crippen molar-refractivity contribution >= 4 is 39.0 Å². The molecule has 3 heterocycles. The Labute approximate surface area is 154 Å². The van der Waals surface area contributed by atoms with Gasteiger partial charge < -0.3 is 15.8 Å². The lowest BCUT2D eigenvalue weighted by molar-refractivity contribution is -0.315. The molecule has 0 saturated carbocycles. The van der Waals surface area contributed by atoms with E-state index >= 15 is 0 Å². The number of aromatic nitrogens is 5. The summed E-state index contributed by atoms with van der Waals surface area (Å²) in [5.74, 6) is 1.27. The summed E-state index contributed by atoms with van der Waals surface area (Å²) < 4.78 is 1.97. The van der Waals surface area contributed by atoms with Gasteiger partial charge in [-0.2, -0.15) is 0 Å². The molecule has 2 aromatic carbocycles. The molecule has 27 heavy (non-hydrogen) atoms. The van der Waals surface area contributed by atoms with Crippen LogP contribution in [0.2, 0.25) is 0 Å². The fourth-order valence-electron chi connectivity index (χ4n) is 3.55. The second-order valence-corrected chi connectivity index (χ2v) is 6.54. The lowest BCUT2D eigenvalue weighted by Crippen LogP contribution is -2.14. The van der Waals surface area contributed by atoms with Crippen molar-refractivity contribution in [2.75, 3.05) is 12.3 Å². The summed E-state index contributed by atoms with van der Waals surface area (Å²) in [7, 11) is 0. The van der Waals surface area contributed by atoms with Crippen LogP contribution in [0, 0.1) is 0 Å². The summed E-state index contributed by atoms with van der Waals surface area (Å²) in [6, 6.07) is 15.8.